The Balaban J connectivity index is 2.48. The number of hydrogen-bond donors (Lipinski definition) is 1. The lowest BCUT2D eigenvalue weighted by Crippen LogP contribution is -2.28. The highest BCUT2D eigenvalue weighted by molar-refractivity contribution is 5.56. The molecule has 0 spiro atoms. The number of nitrogens with zero attached hydrogens (tertiary/aromatic N) is 1. The Kier molecular flexibility index (Phi) is 5.12. The molecule has 2 N–H and O–H groups in total. The van der Waals surface area contributed by atoms with E-state index in [1.807, 2.05) is 25.1 Å². The molecule has 90 valence electrons. The van der Waals surface area contributed by atoms with E-state index in [1.54, 1.807) is 0 Å². The van der Waals surface area contributed by atoms with E-state index >= 15 is 0 Å². The van der Waals surface area contributed by atoms with Crippen LogP contribution >= 0.6 is 0 Å². The van der Waals surface area contributed by atoms with Gasteiger partial charge in [0.2, 0.25) is 0 Å². The van der Waals surface area contributed by atoms with Gasteiger partial charge in [-0.25, -0.2) is 0 Å². The van der Waals surface area contributed by atoms with Crippen molar-refractivity contribution < 1.29 is 4.74 Å². The first-order valence-electron chi connectivity index (χ1n) is 5.89. The molecular formula is C13H22N2O. The van der Waals surface area contributed by atoms with Crippen LogP contribution in [0.1, 0.15) is 19.4 Å². The maximum absolute atomic E-state index is 5.86. The first-order valence-corrected chi connectivity index (χ1v) is 5.89. The van der Waals surface area contributed by atoms with E-state index in [1.165, 1.54) is 0 Å². The Labute approximate surface area is 98.2 Å². The molecule has 3 heteroatoms. The van der Waals surface area contributed by atoms with Crippen molar-refractivity contribution in [3.63, 3.8) is 0 Å². The number of aryl methyl sites for hydroxylation is 1. The van der Waals surface area contributed by atoms with E-state index in [0.29, 0.717) is 6.61 Å². The molecule has 1 aromatic carbocycles. The van der Waals surface area contributed by atoms with Gasteiger partial charge < -0.3 is 15.4 Å². The summed E-state index contributed by atoms with van der Waals surface area (Å²) >= 11 is 0. The zero-order valence-corrected chi connectivity index (χ0v) is 10.5. The molecule has 0 aliphatic rings. The van der Waals surface area contributed by atoms with Gasteiger partial charge >= 0.3 is 0 Å². The van der Waals surface area contributed by atoms with Crippen LogP contribution in [-0.2, 0) is 0 Å². The van der Waals surface area contributed by atoms with Crippen LogP contribution in [0.2, 0.25) is 0 Å². The van der Waals surface area contributed by atoms with Gasteiger partial charge in [-0.15, -0.1) is 0 Å². The second-order valence-electron chi connectivity index (χ2n) is 3.87. The molecule has 0 radical (unpaired) electrons. The third-order valence-corrected chi connectivity index (χ3v) is 2.79. The van der Waals surface area contributed by atoms with E-state index in [9.17, 15) is 0 Å². The molecule has 0 heterocycles. The van der Waals surface area contributed by atoms with Crippen LogP contribution in [-0.4, -0.2) is 31.1 Å². The maximum Gasteiger partial charge on any atom is 0.145 e. The third kappa shape index (κ3) is 3.42. The molecule has 0 aromatic heterocycles. The third-order valence-electron chi connectivity index (χ3n) is 2.79. The van der Waals surface area contributed by atoms with Gasteiger partial charge in [0, 0.05) is 6.54 Å². The van der Waals surface area contributed by atoms with Crippen molar-refractivity contribution >= 4 is 5.69 Å². The molecule has 0 fully saturated rings. The van der Waals surface area contributed by atoms with Crippen LogP contribution in [0.3, 0.4) is 0 Å². The minimum atomic E-state index is 0.691. The van der Waals surface area contributed by atoms with Crippen molar-refractivity contribution in [3.05, 3.63) is 23.8 Å². The summed E-state index contributed by atoms with van der Waals surface area (Å²) in [6.07, 6.45) is 0. The lowest BCUT2D eigenvalue weighted by atomic mass is 10.2. The van der Waals surface area contributed by atoms with Crippen molar-refractivity contribution in [2.24, 2.45) is 0 Å². The van der Waals surface area contributed by atoms with Crippen molar-refractivity contribution in [2.45, 2.75) is 20.8 Å². The van der Waals surface area contributed by atoms with Crippen LogP contribution in [0.15, 0.2) is 18.2 Å². The van der Waals surface area contributed by atoms with Crippen molar-refractivity contribution in [2.75, 3.05) is 32.0 Å². The molecule has 0 saturated carbocycles. The predicted octanol–water partition coefficient (Wildman–Crippen LogP) is 2.30. The monoisotopic (exact) mass is 222 g/mol. The lowest BCUT2D eigenvalue weighted by Gasteiger charge is -2.19. The number of likely N-dealkylation sites (N-methyl/N-ethyl adjacent to an activating group) is 1. The van der Waals surface area contributed by atoms with Crippen LogP contribution in [0.5, 0.6) is 5.75 Å². The van der Waals surface area contributed by atoms with E-state index in [0.717, 1.165) is 36.6 Å². The Morgan fingerprint density at radius 3 is 2.50 bits per heavy atom. The van der Waals surface area contributed by atoms with Gasteiger partial charge in [0.1, 0.15) is 12.4 Å². The highest BCUT2D eigenvalue weighted by atomic mass is 16.5. The number of hydrogen-bond acceptors (Lipinski definition) is 3. The van der Waals surface area contributed by atoms with Gasteiger partial charge in [0.05, 0.1) is 5.69 Å². The molecular weight excluding hydrogens is 200 g/mol. The molecule has 1 rings (SSSR count). The minimum absolute atomic E-state index is 0.691. The summed E-state index contributed by atoms with van der Waals surface area (Å²) in [6.45, 7) is 10.1. The molecule has 16 heavy (non-hydrogen) atoms. The van der Waals surface area contributed by atoms with Crippen LogP contribution in [0.25, 0.3) is 0 Å². The molecule has 1 aromatic rings. The molecule has 3 nitrogen and oxygen atoms in total. The standard InChI is InChI=1S/C13H22N2O/c1-4-15(5-2)9-10-16-13-11(3)7-6-8-12(13)14/h6-8H,4-5,9-10,14H2,1-3H3. The predicted molar refractivity (Wildman–Crippen MR) is 68.9 cm³/mol. The number of rotatable bonds is 6. The fourth-order valence-electron chi connectivity index (χ4n) is 1.69. The number of nitrogens with two attached hydrogens (primary N) is 1. The largest absolute Gasteiger partial charge is 0.490 e. The van der Waals surface area contributed by atoms with Crippen LogP contribution in [0, 0.1) is 6.92 Å². The van der Waals surface area contributed by atoms with Crippen LogP contribution < -0.4 is 10.5 Å². The maximum atomic E-state index is 5.86. The Bertz CT molecular complexity index is 301. The molecule has 0 aliphatic heterocycles. The first-order chi connectivity index (χ1) is 7.69. The zero-order valence-electron chi connectivity index (χ0n) is 10.5. The topological polar surface area (TPSA) is 38.5 Å². The minimum Gasteiger partial charge on any atom is -0.490 e. The van der Waals surface area contributed by atoms with Gasteiger partial charge in [-0.2, -0.15) is 0 Å². The summed E-state index contributed by atoms with van der Waals surface area (Å²) in [5, 5.41) is 0. The summed E-state index contributed by atoms with van der Waals surface area (Å²) in [6, 6.07) is 5.84. The van der Waals surface area contributed by atoms with Crippen LogP contribution in [0.4, 0.5) is 5.69 Å². The highest BCUT2D eigenvalue weighted by Crippen LogP contribution is 2.25. The Morgan fingerprint density at radius 1 is 1.25 bits per heavy atom. The van der Waals surface area contributed by atoms with E-state index in [4.69, 9.17) is 10.5 Å². The SMILES string of the molecule is CCN(CC)CCOc1c(C)cccc1N. The highest BCUT2D eigenvalue weighted by Gasteiger charge is 2.04. The molecule has 0 unspecified atom stereocenters. The number of ether oxygens (including phenoxy) is 1. The molecule has 0 saturated heterocycles. The van der Waals surface area contributed by atoms with Crippen molar-refractivity contribution in [1.82, 2.24) is 4.90 Å². The van der Waals surface area contributed by atoms with Gasteiger partial charge in [-0.3, -0.25) is 0 Å². The van der Waals surface area contributed by atoms with Gasteiger partial charge in [-0.05, 0) is 31.6 Å². The summed E-state index contributed by atoms with van der Waals surface area (Å²) in [5.41, 5.74) is 7.68. The lowest BCUT2D eigenvalue weighted by molar-refractivity contribution is 0.223. The summed E-state index contributed by atoms with van der Waals surface area (Å²) in [5.74, 6) is 0.828. The molecule has 0 atom stereocenters. The summed E-state index contributed by atoms with van der Waals surface area (Å²) in [4.78, 5) is 2.33. The number of anilines is 1. The molecule has 0 amide bonds. The van der Waals surface area contributed by atoms with Crippen molar-refractivity contribution in [1.29, 1.82) is 0 Å². The normalized spacial score (nSPS) is 10.8. The van der Waals surface area contributed by atoms with Gasteiger partial charge in [0.25, 0.3) is 0 Å². The fourth-order valence-corrected chi connectivity index (χ4v) is 1.69. The average molecular weight is 222 g/mol. The summed E-state index contributed by atoms with van der Waals surface area (Å²) < 4.78 is 5.74. The second kappa shape index (κ2) is 6.38. The second-order valence-corrected chi connectivity index (χ2v) is 3.87. The zero-order chi connectivity index (χ0) is 12.0. The van der Waals surface area contributed by atoms with Gasteiger partial charge in [-0.1, -0.05) is 26.0 Å². The number of nitrogen functional groups attached to an aromatic ring is 1. The van der Waals surface area contributed by atoms with E-state index in [2.05, 4.69) is 18.7 Å². The van der Waals surface area contributed by atoms with Gasteiger partial charge in [0.15, 0.2) is 0 Å². The number of benzene rings is 1. The summed E-state index contributed by atoms with van der Waals surface area (Å²) in [7, 11) is 0. The Hall–Kier alpha value is -1.22. The molecule has 0 aliphatic carbocycles. The van der Waals surface area contributed by atoms with Crippen molar-refractivity contribution in [3.8, 4) is 5.75 Å². The Morgan fingerprint density at radius 2 is 1.94 bits per heavy atom. The quantitative estimate of drug-likeness (QED) is 0.751. The first kappa shape index (κ1) is 12.8. The molecule has 0 bridgehead atoms. The van der Waals surface area contributed by atoms with E-state index < -0.39 is 0 Å². The van der Waals surface area contributed by atoms with E-state index in [-0.39, 0.29) is 0 Å². The average Bonchev–Trinajstić information content (AvgIpc) is 2.28. The number of para-hydroxylation sites is 1. The smallest absolute Gasteiger partial charge is 0.145 e. The fraction of sp³-hybridized carbons (Fsp3) is 0.538.